The largest absolute Gasteiger partial charge is 0.362 e. The van der Waals surface area contributed by atoms with Crippen LogP contribution in [0.1, 0.15) is 12.8 Å². The predicted molar refractivity (Wildman–Crippen MR) is 32.2 cm³/mol. The van der Waals surface area contributed by atoms with Gasteiger partial charge in [-0.25, -0.2) is 4.72 Å². The van der Waals surface area contributed by atoms with E-state index in [0.717, 1.165) is 0 Å². The zero-order valence-corrected chi connectivity index (χ0v) is 5.98. The standard InChI is InChI=1S/C4H7NO4S/c6-4-2-1-3-9-10(7,8)5-4/h1-3H2,(H,5,6). The van der Waals surface area contributed by atoms with Crippen LogP contribution in [0.2, 0.25) is 0 Å². The fourth-order valence-electron chi connectivity index (χ4n) is 0.621. The van der Waals surface area contributed by atoms with Crippen molar-refractivity contribution < 1.29 is 17.4 Å². The van der Waals surface area contributed by atoms with Crippen molar-refractivity contribution in [2.75, 3.05) is 6.61 Å². The van der Waals surface area contributed by atoms with Gasteiger partial charge in [-0.2, -0.15) is 8.42 Å². The Morgan fingerprint density at radius 2 is 2.20 bits per heavy atom. The molecule has 0 unspecified atom stereocenters. The van der Waals surface area contributed by atoms with E-state index in [-0.39, 0.29) is 13.0 Å². The SMILES string of the molecule is O=C1CCCOS(=O)(=O)N1. The molecular formula is C4H7NO4S. The summed E-state index contributed by atoms with van der Waals surface area (Å²) in [5, 5.41) is 0. The van der Waals surface area contributed by atoms with Gasteiger partial charge in [-0.1, -0.05) is 0 Å². The van der Waals surface area contributed by atoms with Crippen molar-refractivity contribution in [1.29, 1.82) is 0 Å². The van der Waals surface area contributed by atoms with Crippen molar-refractivity contribution in [1.82, 2.24) is 4.72 Å². The number of amides is 1. The summed E-state index contributed by atoms with van der Waals surface area (Å²) in [7, 11) is -3.77. The Morgan fingerprint density at radius 3 is 2.90 bits per heavy atom. The molecule has 1 aliphatic heterocycles. The minimum absolute atomic E-state index is 0.0844. The molecule has 0 aliphatic carbocycles. The normalized spacial score (nSPS) is 25.0. The summed E-state index contributed by atoms with van der Waals surface area (Å²) in [5.74, 6) is -0.502. The van der Waals surface area contributed by atoms with Crippen LogP contribution in [0.15, 0.2) is 0 Å². The molecule has 1 N–H and O–H groups in total. The highest BCUT2D eigenvalue weighted by atomic mass is 32.2. The molecule has 0 aromatic heterocycles. The maximum absolute atomic E-state index is 10.5. The topological polar surface area (TPSA) is 72.5 Å². The Hall–Kier alpha value is -0.620. The molecule has 0 radical (unpaired) electrons. The van der Waals surface area contributed by atoms with E-state index < -0.39 is 16.2 Å². The zero-order chi connectivity index (χ0) is 7.61. The van der Waals surface area contributed by atoms with Crippen molar-refractivity contribution in [3.05, 3.63) is 0 Å². The van der Waals surface area contributed by atoms with Crippen LogP contribution in [0.4, 0.5) is 0 Å². The van der Waals surface area contributed by atoms with Crippen molar-refractivity contribution in [2.24, 2.45) is 0 Å². The molecule has 1 amide bonds. The van der Waals surface area contributed by atoms with Gasteiger partial charge < -0.3 is 0 Å². The molecule has 0 atom stereocenters. The van der Waals surface area contributed by atoms with Crippen LogP contribution in [0, 0.1) is 0 Å². The Balaban J connectivity index is 2.73. The van der Waals surface area contributed by atoms with Crippen LogP contribution in [-0.4, -0.2) is 20.9 Å². The van der Waals surface area contributed by atoms with E-state index in [1.54, 1.807) is 4.72 Å². The van der Waals surface area contributed by atoms with Crippen LogP contribution < -0.4 is 4.72 Å². The fraction of sp³-hybridized carbons (Fsp3) is 0.750. The first-order chi connectivity index (χ1) is 4.60. The highest BCUT2D eigenvalue weighted by Gasteiger charge is 2.18. The summed E-state index contributed by atoms with van der Waals surface area (Å²) in [6.07, 6.45) is 0.657. The lowest BCUT2D eigenvalue weighted by molar-refractivity contribution is -0.119. The summed E-state index contributed by atoms with van der Waals surface area (Å²) >= 11 is 0. The smallest absolute Gasteiger partial charge is 0.274 e. The van der Waals surface area contributed by atoms with Crippen molar-refractivity contribution >= 4 is 16.2 Å². The first kappa shape index (κ1) is 7.49. The van der Waals surface area contributed by atoms with Gasteiger partial charge >= 0.3 is 10.3 Å². The Kier molecular flexibility index (Phi) is 1.91. The van der Waals surface area contributed by atoms with Gasteiger partial charge in [-0.15, -0.1) is 0 Å². The van der Waals surface area contributed by atoms with Crippen LogP contribution in [0.5, 0.6) is 0 Å². The molecule has 58 valence electrons. The maximum Gasteiger partial charge on any atom is 0.362 e. The number of hydrogen-bond donors (Lipinski definition) is 1. The molecule has 6 heteroatoms. The lowest BCUT2D eigenvalue weighted by atomic mass is 10.3. The van der Waals surface area contributed by atoms with E-state index >= 15 is 0 Å². The second kappa shape index (κ2) is 2.55. The van der Waals surface area contributed by atoms with Crippen LogP contribution in [0.25, 0.3) is 0 Å². The number of hydrogen-bond acceptors (Lipinski definition) is 4. The molecule has 0 spiro atoms. The third kappa shape index (κ3) is 1.96. The maximum atomic E-state index is 10.5. The van der Waals surface area contributed by atoms with Gasteiger partial charge in [0.2, 0.25) is 5.91 Å². The number of carbonyl (C=O) groups excluding carboxylic acids is 1. The number of carbonyl (C=O) groups is 1. The summed E-state index contributed by atoms with van der Waals surface area (Å²) in [5.41, 5.74) is 0. The molecular weight excluding hydrogens is 158 g/mol. The molecule has 1 aliphatic rings. The third-order valence-electron chi connectivity index (χ3n) is 1.03. The average molecular weight is 165 g/mol. The van der Waals surface area contributed by atoms with Crippen molar-refractivity contribution in [3.8, 4) is 0 Å². The molecule has 0 saturated carbocycles. The molecule has 1 saturated heterocycles. The van der Waals surface area contributed by atoms with E-state index in [1.807, 2.05) is 0 Å². The summed E-state index contributed by atoms with van der Waals surface area (Å²) in [4.78, 5) is 10.5. The van der Waals surface area contributed by atoms with Gasteiger partial charge in [-0.3, -0.25) is 8.98 Å². The molecule has 0 bridgehead atoms. The average Bonchev–Trinajstić information content (AvgIpc) is 1.90. The molecule has 1 heterocycles. The number of nitrogens with one attached hydrogen (secondary N) is 1. The Bertz CT molecular complexity index is 232. The highest BCUT2D eigenvalue weighted by Crippen LogP contribution is 2.00. The zero-order valence-electron chi connectivity index (χ0n) is 5.16. The van der Waals surface area contributed by atoms with Crippen LogP contribution in [-0.2, 0) is 19.3 Å². The van der Waals surface area contributed by atoms with Gasteiger partial charge in [0.05, 0.1) is 6.61 Å². The molecule has 0 aromatic carbocycles. The summed E-state index contributed by atoms with van der Waals surface area (Å²) in [6, 6.07) is 0. The van der Waals surface area contributed by atoms with E-state index in [0.29, 0.717) is 6.42 Å². The van der Waals surface area contributed by atoms with Gasteiger partial charge in [-0.05, 0) is 6.42 Å². The minimum atomic E-state index is -3.77. The quantitative estimate of drug-likeness (QED) is 0.508. The highest BCUT2D eigenvalue weighted by molar-refractivity contribution is 7.85. The van der Waals surface area contributed by atoms with Crippen LogP contribution in [0.3, 0.4) is 0 Å². The van der Waals surface area contributed by atoms with E-state index in [2.05, 4.69) is 4.18 Å². The monoisotopic (exact) mass is 165 g/mol. The molecule has 10 heavy (non-hydrogen) atoms. The van der Waals surface area contributed by atoms with Gasteiger partial charge in [0.15, 0.2) is 0 Å². The predicted octanol–water partition coefficient (Wildman–Crippen LogP) is -0.842. The first-order valence-electron chi connectivity index (χ1n) is 2.80. The molecule has 0 aromatic rings. The lowest BCUT2D eigenvalue weighted by Gasteiger charge is -1.97. The fourth-order valence-corrected chi connectivity index (χ4v) is 1.40. The lowest BCUT2D eigenvalue weighted by Crippen LogP contribution is -2.28. The van der Waals surface area contributed by atoms with Crippen molar-refractivity contribution in [3.63, 3.8) is 0 Å². The van der Waals surface area contributed by atoms with Gasteiger partial charge in [0.1, 0.15) is 0 Å². The summed E-state index contributed by atoms with van der Waals surface area (Å²) < 4.78 is 27.1. The van der Waals surface area contributed by atoms with E-state index in [1.165, 1.54) is 0 Å². The third-order valence-corrected chi connectivity index (χ3v) is 1.98. The molecule has 5 nitrogen and oxygen atoms in total. The van der Waals surface area contributed by atoms with E-state index in [4.69, 9.17) is 0 Å². The molecule has 1 fully saturated rings. The van der Waals surface area contributed by atoms with Crippen molar-refractivity contribution in [2.45, 2.75) is 12.8 Å². The van der Waals surface area contributed by atoms with Gasteiger partial charge in [0, 0.05) is 6.42 Å². The van der Waals surface area contributed by atoms with Gasteiger partial charge in [0.25, 0.3) is 0 Å². The Labute approximate surface area is 58.6 Å². The molecule has 1 rings (SSSR count). The second-order valence-electron chi connectivity index (χ2n) is 1.90. The van der Waals surface area contributed by atoms with E-state index in [9.17, 15) is 13.2 Å². The summed E-state index contributed by atoms with van der Waals surface area (Å²) in [6.45, 7) is 0.0844. The second-order valence-corrected chi connectivity index (χ2v) is 3.25. The number of rotatable bonds is 0. The minimum Gasteiger partial charge on any atom is -0.274 e. The first-order valence-corrected chi connectivity index (χ1v) is 4.21. The van der Waals surface area contributed by atoms with Crippen LogP contribution >= 0.6 is 0 Å². The Morgan fingerprint density at radius 1 is 1.50 bits per heavy atom.